The van der Waals surface area contributed by atoms with Crippen LogP contribution in [0.3, 0.4) is 0 Å². The number of benzene rings is 3. The van der Waals surface area contributed by atoms with Crippen molar-refractivity contribution >= 4 is 25.8 Å². The maximum absolute atomic E-state index is 10.4. The van der Waals surface area contributed by atoms with Crippen LogP contribution in [0.25, 0.3) is 0 Å². The molecule has 3 aromatic carbocycles. The van der Waals surface area contributed by atoms with Crippen molar-refractivity contribution in [2.45, 2.75) is 175 Å². The van der Waals surface area contributed by atoms with Crippen molar-refractivity contribution in [3.05, 3.63) is 89.5 Å². The van der Waals surface area contributed by atoms with E-state index in [0.29, 0.717) is 17.2 Å². The van der Waals surface area contributed by atoms with Crippen molar-refractivity contribution in [2.24, 2.45) is 0 Å². The predicted octanol–water partition coefficient (Wildman–Crippen LogP) is 9.92. The van der Waals surface area contributed by atoms with E-state index in [9.17, 15) is 29.4 Å². The van der Waals surface area contributed by atoms with E-state index in [1.807, 2.05) is 36.4 Å². The first kappa shape index (κ1) is 61.9. The molecular weight excluding hydrogens is 1070 g/mol. The molecule has 2 radical (unpaired) electrons. The Morgan fingerprint density at radius 2 is 0.492 bits per heavy atom. The maximum atomic E-state index is 10.4. The molecule has 3 aromatic rings. The van der Waals surface area contributed by atoms with Gasteiger partial charge in [-0.3, -0.25) is 0 Å². The Bertz CT molecular complexity index is 1150. The van der Waals surface area contributed by atoms with Gasteiger partial charge < -0.3 is 42.9 Å². The summed E-state index contributed by atoms with van der Waals surface area (Å²) in [6, 6.07) is 21.9. The van der Waals surface area contributed by atoms with Crippen LogP contribution in [0.4, 0.5) is 0 Å². The fourth-order valence-electron chi connectivity index (χ4n) is 6.27. The van der Waals surface area contributed by atoms with E-state index in [4.69, 9.17) is 0 Å². The molecule has 0 aliphatic carbocycles. The average Bonchev–Trinajstić information content (AvgIpc) is 3.19. The molecule has 326 valence electrons. The van der Waals surface area contributed by atoms with E-state index < -0.39 is 25.8 Å². The van der Waals surface area contributed by atoms with Crippen molar-refractivity contribution < 1.29 is 125 Å². The molecule has 0 saturated carbocycles. The Morgan fingerprint density at radius 1 is 0.305 bits per heavy atom. The maximum Gasteiger partial charge on any atom is 3.00 e. The minimum Gasteiger partial charge on any atom is -0.810 e. The summed E-state index contributed by atoms with van der Waals surface area (Å²) in [5.41, 5.74) is 3.71. The van der Waals surface area contributed by atoms with Gasteiger partial charge in [0.25, 0.3) is 0 Å². The van der Waals surface area contributed by atoms with Crippen molar-refractivity contribution in [3.8, 4) is 17.2 Å². The topological polar surface area (TPSA) is 166 Å². The summed E-state index contributed by atoms with van der Waals surface area (Å²) in [4.78, 5) is 62.3. The molecule has 0 atom stereocenters. The number of aryl methyl sites for hydroxylation is 3. The van der Waals surface area contributed by atoms with Gasteiger partial charge in [-0.15, -0.1) is 0 Å². The molecule has 0 saturated heterocycles. The molecule has 0 spiro atoms. The third kappa shape index (κ3) is 38.9. The Kier molecular flexibility index (Phi) is 46.2. The molecule has 0 aromatic heterocycles. The van der Waals surface area contributed by atoms with Crippen LogP contribution < -0.4 is 42.9 Å². The quantitative estimate of drug-likeness (QED) is 0.0467. The van der Waals surface area contributed by atoms with Crippen LogP contribution in [0.1, 0.15) is 172 Å². The van der Waals surface area contributed by atoms with E-state index in [-0.39, 0.29) is 81.7 Å². The minimum atomic E-state index is -2.81. The molecule has 0 unspecified atom stereocenters. The number of unbranched alkanes of at least 4 members (excludes halogenated alkanes) is 18. The molecule has 0 amide bonds. The van der Waals surface area contributed by atoms with E-state index >= 15 is 0 Å². The van der Waals surface area contributed by atoms with E-state index in [1.54, 1.807) is 36.4 Å². The molecule has 0 N–H and O–H groups in total. The van der Waals surface area contributed by atoms with Crippen molar-refractivity contribution in [3.63, 3.8) is 0 Å². The molecule has 9 nitrogen and oxygen atoms in total. The second-order valence-electron chi connectivity index (χ2n) is 14.5. The predicted molar refractivity (Wildman–Crippen MR) is 227 cm³/mol. The van der Waals surface area contributed by atoms with Crippen LogP contribution in [-0.2, 0) is 19.3 Å². The van der Waals surface area contributed by atoms with Gasteiger partial charge in [0.2, 0.25) is 0 Å². The fourth-order valence-corrected chi connectivity index (χ4v) is 7.15. The van der Waals surface area contributed by atoms with Gasteiger partial charge in [0.1, 0.15) is 17.2 Å². The SMILES string of the molecule is CCCCCCCCCc1ccc(OP([O-])[O-])cc1.CCCCCCCCCc1ccc(OP([O-])[O-])cc1.CCCCCCCCCc1ccc(OP([O-])[O-])cc1.[Nd+3].[Nd+3]. The molecule has 0 heterocycles. The van der Waals surface area contributed by atoms with Gasteiger partial charge in [-0.05, 0) is 91.6 Å². The van der Waals surface area contributed by atoms with Gasteiger partial charge in [0.05, 0.1) is 0 Å². The minimum absolute atomic E-state index is 0. The summed E-state index contributed by atoms with van der Waals surface area (Å²) >= 11 is 0. The number of rotatable bonds is 30. The van der Waals surface area contributed by atoms with Gasteiger partial charge in [-0.25, -0.2) is 0 Å². The molecule has 0 fully saturated rings. The normalized spacial score (nSPS) is 10.6. The van der Waals surface area contributed by atoms with E-state index in [2.05, 4.69) is 34.3 Å². The van der Waals surface area contributed by atoms with Gasteiger partial charge in [0.15, 0.2) is 0 Å². The third-order valence-electron chi connectivity index (χ3n) is 9.52. The molecule has 0 aliphatic rings. The second kappa shape index (κ2) is 44.0. The van der Waals surface area contributed by atoms with Crippen LogP contribution in [0.2, 0.25) is 0 Å². The fraction of sp³-hybridized carbons (Fsp3) is 0.600. The van der Waals surface area contributed by atoms with Gasteiger partial charge >= 0.3 is 81.7 Å². The zero-order chi connectivity index (χ0) is 41.8. The zero-order valence-electron chi connectivity index (χ0n) is 35.9. The van der Waals surface area contributed by atoms with E-state index in [0.717, 1.165) is 19.3 Å². The average molecular weight is 1140 g/mol. The van der Waals surface area contributed by atoms with Crippen LogP contribution in [-0.4, -0.2) is 0 Å². The van der Waals surface area contributed by atoms with Crippen LogP contribution in [0.5, 0.6) is 17.2 Å². The Labute approximate surface area is 427 Å². The first-order chi connectivity index (χ1) is 27.7. The summed E-state index contributed by atoms with van der Waals surface area (Å²) in [5, 5.41) is 0. The number of hydrogen-bond acceptors (Lipinski definition) is 9. The van der Waals surface area contributed by atoms with Crippen LogP contribution in [0.15, 0.2) is 72.8 Å². The molecular formula is C45H69Nd2O9P3. The summed E-state index contributed by atoms with van der Waals surface area (Å²) in [5.74, 6) is 1.17. The van der Waals surface area contributed by atoms with Crippen molar-refractivity contribution in [1.82, 2.24) is 0 Å². The van der Waals surface area contributed by atoms with E-state index in [1.165, 1.54) is 152 Å². The first-order valence-electron chi connectivity index (χ1n) is 21.4. The Hall–Kier alpha value is 0.811. The Morgan fingerprint density at radius 3 is 0.678 bits per heavy atom. The molecule has 14 heteroatoms. The molecule has 59 heavy (non-hydrogen) atoms. The summed E-state index contributed by atoms with van der Waals surface area (Å²) < 4.78 is 13.8. The molecule has 0 aliphatic heterocycles. The van der Waals surface area contributed by atoms with Gasteiger partial charge in [0, 0.05) is 0 Å². The molecule has 0 bridgehead atoms. The smallest absolute Gasteiger partial charge is 0.810 e. The van der Waals surface area contributed by atoms with Crippen molar-refractivity contribution in [2.75, 3.05) is 0 Å². The number of hydrogen-bond donors (Lipinski definition) is 0. The molecule has 3 rings (SSSR count). The monoisotopic (exact) mass is 1130 g/mol. The summed E-state index contributed by atoms with van der Waals surface area (Å²) in [7, 11) is -8.42. The second-order valence-corrected chi connectivity index (χ2v) is 16.4. The first-order valence-corrected chi connectivity index (χ1v) is 24.7. The van der Waals surface area contributed by atoms with Gasteiger partial charge in [-0.1, -0.05) is 199 Å². The Balaban J connectivity index is 0. The third-order valence-corrected chi connectivity index (χ3v) is 10.6. The standard InChI is InChI=1S/3C15H23O3P.2Nd/c3*1-2-3-4-5-6-7-8-9-14-10-12-15(13-11-14)18-19(16)17;;/h3*10-13H,2-9H2,1H3;;/q3*-2;2*+3. The van der Waals surface area contributed by atoms with Crippen LogP contribution >= 0.6 is 25.8 Å². The van der Waals surface area contributed by atoms with Crippen molar-refractivity contribution in [1.29, 1.82) is 0 Å². The zero-order valence-corrected chi connectivity index (χ0v) is 45.0. The largest absolute Gasteiger partial charge is 3.00 e. The summed E-state index contributed by atoms with van der Waals surface area (Å²) in [6.45, 7) is 6.70. The summed E-state index contributed by atoms with van der Waals surface area (Å²) in [6.07, 6.45) is 30.6. The van der Waals surface area contributed by atoms with Crippen LogP contribution in [0, 0.1) is 81.7 Å². The van der Waals surface area contributed by atoms with Gasteiger partial charge in [-0.2, -0.15) is 0 Å².